The van der Waals surface area contributed by atoms with Gasteiger partial charge in [-0.3, -0.25) is 0 Å². The molecule has 1 aromatic carbocycles. The predicted octanol–water partition coefficient (Wildman–Crippen LogP) is 3.01. The molecule has 1 rings (SSSR count). The van der Waals surface area contributed by atoms with Crippen LogP contribution in [0, 0.1) is 0 Å². The van der Waals surface area contributed by atoms with Gasteiger partial charge in [0.15, 0.2) is 0 Å². The Hall–Kier alpha value is -1.07. The van der Waals surface area contributed by atoms with E-state index < -0.39 is 5.97 Å². The van der Waals surface area contributed by atoms with E-state index in [0.29, 0.717) is 12.6 Å². The molecule has 0 atom stereocenters. The number of hydrogen-bond donors (Lipinski definition) is 1. The van der Waals surface area contributed by atoms with Gasteiger partial charge in [-0.05, 0) is 48.0 Å². The van der Waals surface area contributed by atoms with E-state index >= 15 is 0 Å². The van der Waals surface area contributed by atoms with Crippen molar-refractivity contribution in [3.05, 3.63) is 28.2 Å². The smallest absolute Gasteiger partial charge is 0.335 e. The number of ether oxygens (including phenoxy) is 1. The lowest BCUT2D eigenvalue weighted by Gasteiger charge is -2.29. The summed E-state index contributed by atoms with van der Waals surface area (Å²) in [5.41, 5.74) is 1.26. The summed E-state index contributed by atoms with van der Waals surface area (Å²) in [6, 6.07) is 5.38. The van der Waals surface area contributed by atoms with E-state index in [9.17, 15) is 4.79 Å². The molecule has 0 aliphatic carbocycles. The maximum absolute atomic E-state index is 10.9. The molecule has 0 heterocycles. The fraction of sp³-hybridized carbons (Fsp3) is 0.462. The number of halogens is 1. The standard InChI is InChI=1S/C13H18BrNO3/c1-9(2)15(6-7-18-3)12-5-4-10(13(16)17)8-11(12)14/h4-5,8-9H,6-7H2,1-3H3,(H,16,17). The van der Waals surface area contributed by atoms with Crippen molar-refractivity contribution in [2.24, 2.45) is 0 Å². The number of anilines is 1. The number of hydrogen-bond acceptors (Lipinski definition) is 3. The molecule has 0 saturated heterocycles. The molecule has 1 aromatic rings. The molecular weight excluding hydrogens is 298 g/mol. The van der Waals surface area contributed by atoms with E-state index in [-0.39, 0.29) is 5.56 Å². The van der Waals surface area contributed by atoms with Crippen molar-refractivity contribution < 1.29 is 14.6 Å². The topological polar surface area (TPSA) is 49.8 Å². The normalized spacial score (nSPS) is 10.7. The summed E-state index contributed by atoms with van der Waals surface area (Å²) in [5.74, 6) is -0.921. The van der Waals surface area contributed by atoms with Crippen molar-refractivity contribution in [1.82, 2.24) is 0 Å². The molecule has 0 saturated carbocycles. The summed E-state index contributed by atoms with van der Waals surface area (Å²) in [6.07, 6.45) is 0. The first kappa shape index (κ1) is 15.0. The van der Waals surface area contributed by atoms with E-state index in [1.165, 1.54) is 0 Å². The number of rotatable bonds is 6. The first-order valence-electron chi connectivity index (χ1n) is 5.75. The molecule has 0 spiro atoms. The van der Waals surface area contributed by atoms with Crippen molar-refractivity contribution >= 4 is 27.6 Å². The number of aromatic carboxylic acids is 1. The minimum absolute atomic E-state index is 0.279. The molecule has 100 valence electrons. The Bertz CT molecular complexity index is 421. The van der Waals surface area contributed by atoms with Crippen molar-refractivity contribution in [3.8, 4) is 0 Å². The van der Waals surface area contributed by atoms with Gasteiger partial charge in [-0.15, -0.1) is 0 Å². The van der Waals surface area contributed by atoms with Crippen LogP contribution in [0.1, 0.15) is 24.2 Å². The Balaban J connectivity index is 3.01. The number of methoxy groups -OCH3 is 1. The monoisotopic (exact) mass is 315 g/mol. The summed E-state index contributed by atoms with van der Waals surface area (Å²) < 4.78 is 5.88. The van der Waals surface area contributed by atoms with Crippen LogP contribution < -0.4 is 4.90 Å². The molecule has 1 N–H and O–H groups in total. The summed E-state index contributed by atoms with van der Waals surface area (Å²) in [6.45, 7) is 5.57. The van der Waals surface area contributed by atoms with Gasteiger partial charge in [-0.1, -0.05) is 0 Å². The number of carboxylic acids is 1. The van der Waals surface area contributed by atoms with Gasteiger partial charge in [0.05, 0.1) is 17.9 Å². The van der Waals surface area contributed by atoms with Gasteiger partial charge in [0.25, 0.3) is 0 Å². The van der Waals surface area contributed by atoms with E-state index in [1.807, 2.05) is 6.07 Å². The maximum atomic E-state index is 10.9. The van der Waals surface area contributed by atoms with Gasteiger partial charge in [-0.25, -0.2) is 4.79 Å². The minimum Gasteiger partial charge on any atom is -0.478 e. The van der Waals surface area contributed by atoms with E-state index in [1.54, 1.807) is 19.2 Å². The van der Waals surface area contributed by atoms with Crippen LogP contribution >= 0.6 is 15.9 Å². The van der Waals surface area contributed by atoms with Crippen molar-refractivity contribution in [2.75, 3.05) is 25.2 Å². The van der Waals surface area contributed by atoms with Gasteiger partial charge in [0.2, 0.25) is 0 Å². The quantitative estimate of drug-likeness (QED) is 0.876. The highest BCUT2D eigenvalue weighted by atomic mass is 79.9. The molecule has 0 amide bonds. The van der Waals surface area contributed by atoms with E-state index in [0.717, 1.165) is 16.7 Å². The van der Waals surface area contributed by atoms with Crippen LogP contribution in [-0.4, -0.2) is 37.4 Å². The second-order valence-corrected chi connectivity index (χ2v) is 5.11. The van der Waals surface area contributed by atoms with Crippen LogP contribution in [0.25, 0.3) is 0 Å². The van der Waals surface area contributed by atoms with Crippen LogP contribution in [0.3, 0.4) is 0 Å². The SMILES string of the molecule is COCCN(c1ccc(C(=O)O)cc1Br)C(C)C. The second kappa shape index (κ2) is 6.75. The molecule has 0 aliphatic rings. The van der Waals surface area contributed by atoms with Gasteiger partial charge >= 0.3 is 5.97 Å². The average Bonchev–Trinajstić information content (AvgIpc) is 2.30. The molecular formula is C13H18BrNO3. The number of benzene rings is 1. The van der Waals surface area contributed by atoms with Gasteiger partial charge in [0, 0.05) is 24.2 Å². The summed E-state index contributed by atoms with van der Waals surface area (Å²) >= 11 is 3.43. The summed E-state index contributed by atoms with van der Waals surface area (Å²) in [7, 11) is 1.67. The minimum atomic E-state index is -0.921. The molecule has 5 heteroatoms. The van der Waals surface area contributed by atoms with Crippen LogP contribution in [-0.2, 0) is 4.74 Å². The van der Waals surface area contributed by atoms with Crippen molar-refractivity contribution in [3.63, 3.8) is 0 Å². The Labute approximate surface area is 116 Å². The fourth-order valence-corrected chi connectivity index (χ4v) is 2.33. The van der Waals surface area contributed by atoms with Crippen LogP contribution in [0.5, 0.6) is 0 Å². The lowest BCUT2D eigenvalue weighted by Crippen LogP contribution is -2.34. The Morgan fingerprint density at radius 1 is 1.50 bits per heavy atom. The first-order chi connectivity index (χ1) is 8.47. The molecule has 0 aliphatic heterocycles. The van der Waals surface area contributed by atoms with Gasteiger partial charge < -0.3 is 14.7 Å². The average molecular weight is 316 g/mol. The van der Waals surface area contributed by atoms with Crippen LogP contribution in [0.15, 0.2) is 22.7 Å². The summed E-state index contributed by atoms with van der Waals surface area (Å²) in [5, 5.41) is 8.93. The number of carboxylic acid groups (broad SMARTS) is 1. The zero-order valence-electron chi connectivity index (χ0n) is 10.8. The third-order valence-electron chi connectivity index (χ3n) is 2.66. The van der Waals surface area contributed by atoms with Gasteiger partial charge in [0.1, 0.15) is 0 Å². The zero-order chi connectivity index (χ0) is 13.7. The van der Waals surface area contributed by atoms with Crippen molar-refractivity contribution in [1.29, 1.82) is 0 Å². The second-order valence-electron chi connectivity index (χ2n) is 4.25. The van der Waals surface area contributed by atoms with E-state index in [4.69, 9.17) is 9.84 Å². The molecule has 0 bridgehead atoms. The third-order valence-corrected chi connectivity index (χ3v) is 3.30. The molecule has 18 heavy (non-hydrogen) atoms. The number of carbonyl (C=O) groups is 1. The molecule has 0 radical (unpaired) electrons. The maximum Gasteiger partial charge on any atom is 0.335 e. The Morgan fingerprint density at radius 2 is 2.17 bits per heavy atom. The highest BCUT2D eigenvalue weighted by Gasteiger charge is 2.15. The fourth-order valence-electron chi connectivity index (χ4n) is 1.72. The lowest BCUT2D eigenvalue weighted by molar-refractivity contribution is 0.0697. The lowest BCUT2D eigenvalue weighted by atomic mass is 10.1. The Morgan fingerprint density at radius 3 is 2.61 bits per heavy atom. The van der Waals surface area contributed by atoms with Gasteiger partial charge in [-0.2, -0.15) is 0 Å². The molecule has 0 unspecified atom stereocenters. The predicted molar refractivity (Wildman–Crippen MR) is 75.5 cm³/mol. The van der Waals surface area contributed by atoms with Crippen LogP contribution in [0.2, 0.25) is 0 Å². The van der Waals surface area contributed by atoms with Crippen molar-refractivity contribution in [2.45, 2.75) is 19.9 Å². The third kappa shape index (κ3) is 3.71. The zero-order valence-corrected chi connectivity index (χ0v) is 12.4. The first-order valence-corrected chi connectivity index (χ1v) is 6.55. The summed E-state index contributed by atoms with van der Waals surface area (Å²) in [4.78, 5) is 13.1. The Kier molecular flexibility index (Phi) is 5.62. The van der Waals surface area contributed by atoms with Crippen LogP contribution in [0.4, 0.5) is 5.69 Å². The molecule has 0 fully saturated rings. The largest absolute Gasteiger partial charge is 0.478 e. The van der Waals surface area contributed by atoms with E-state index in [2.05, 4.69) is 34.7 Å². The highest BCUT2D eigenvalue weighted by molar-refractivity contribution is 9.10. The molecule has 4 nitrogen and oxygen atoms in total. The molecule has 0 aromatic heterocycles. The highest BCUT2D eigenvalue weighted by Crippen LogP contribution is 2.28. The number of nitrogens with zero attached hydrogens (tertiary/aromatic N) is 1.